The van der Waals surface area contributed by atoms with Crippen molar-refractivity contribution in [2.45, 2.75) is 25.1 Å². The highest BCUT2D eigenvalue weighted by Crippen LogP contribution is 2.28. The molecule has 1 fully saturated rings. The zero-order chi connectivity index (χ0) is 14.8. The van der Waals surface area contributed by atoms with Gasteiger partial charge in [-0.1, -0.05) is 0 Å². The van der Waals surface area contributed by atoms with E-state index in [9.17, 15) is 18.0 Å². The maximum atomic E-state index is 12.4. The number of alkyl halides is 3. The molecule has 1 saturated heterocycles. The summed E-state index contributed by atoms with van der Waals surface area (Å²) < 4.78 is 42.0. The Hall–Kier alpha value is -2.06. The first-order chi connectivity index (χ1) is 9.36. The summed E-state index contributed by atoms with van der Waals surface area (Å²) in [6, 6.07) is 0. The van der Waals surface area contributed by atoms with Crippen LogP contribution in [0.4, 0.5) is 23.9 Å². The lowest BCUT2D eigenvalue weighted by Gasteiger charge is -2.31. The van der Waals surface area contributed by atoms with Gasteiger partial charge in [0.05, 0.1) is 5.56 Å². The molecule has 0 radical (unpaired) electrons. The van der Waals surface area contributed by atoms with Crippen molar-refractivity contribution in [3.8, 4) is 0 Å². The standard InChI is InChI=1S/C11H13F3N4O2/c12-11(13,14)7-5-16-10(17-6-7)18-3-1-8(2-4-18)20-9(15)19/h5-6,8H,1-4H2,(H2,15,19). The Labute approximate surface area is 112 Å². The molecule has 0 atom stereocenters. The number of ether oxygens (including phenoxy) is 1. The molecule has 1 aromatic heterocycles. The third-order valence-electron chi connectivity index (χ3n) is 2.97. The minimum absolute atomic E-state index is 0.232. The third-order valence-corrected chi connectivity index (χ3v) is 2.97. The van der Waals surface area contributed by atoms with Crippen molar-refractivity contribution in [1.82, 2.24) is 9.97 Å². The van der Waals surface area contributed by atoms with Crippen molar-refractivity contribution in [1.29, 1.82) is 0 Å². The average Bonchev–Trinajstić information content (AvgIpc) is 2.38. The number of aromatic nitrogens is 2. The molecule has 1 aromatic rings. The molecule has 20 heavy (non-hydrogen) atoms. The van der Waals surface area contributed by atoms with Crippen molar-refractivity contribution in [3.05, 3.63) is 18.0 Å². The number of amides is 1. The van der Waals surface area contributed by atoms with Gasteiger partial charge in [0.1, 0.15) is 6.10 Å². The van der Waals surface area contributed by atoms with Gasteiger partial charge in [0.25, 0.3) is 0 Å². The molecule has 0 aliphatic carbocycles. The Morgan fingerprint density at radius 3 is 2.30 bits per heavy atom. The zero-order valence-electron chi connectivity index (χ0n) is 10.4. The van der Waals surface area contributed by atoms with Gasteiger partial charge < -0.3 is 15.4 Å². The number of piperidine rings is 1. The molecular weight excluding hydrogens is 277 g/mol. The first kappa shape index (κ1) is 14.4. The molecule has 0 bridgehead atoms. The van der Waals surface area contributed by atoms with Crippen LogP contribution >= 0.6 is 0 Å². The summed E-state index contributed by atoms with van der Waals surface area (Å²) in [7, 11) is 0. The topological polar surface area (TPSA) is 81.3 Å². The normalized spacial score (nSPS) is 17.1. The van der Waals surface area contributed by atoms with E-state index < -0.39 is 17.8 Å². The maximum Gasteiger partial charge on any atom is 0.419 e. The minimum Gasteiger partial charge on any atom is -0.446 e. The van der Waals surface area contributed by atoms with Gasteiger partial charge in [-0.15, -0.1) is 0 Å². The maximum absolute atomic E-state index is 12.4. The summed E-state index contributed by atoms with van der Waals surface area (Å²) in [5.74, 6) is 0.232. The molecule has 0 unspecified atom stereocenters. The summed E-state index contributed by atoms with van der Waals surface area (Å²) in [6.07, 6.45) is -2.95. The molecule has 1 amide bonds. The van der Waals surface area contributed by atoms with Crippen LogP contribution in [0.2, 0.25) is 0 Å². The van der Waals surface area contributed by atoms with Crippen LogP contribution in [0.3, 0.4) is 0 Å². The average molecular weight is 290 g/mol. The number of anilines is 1. The van der Waals surface area contributed by atoms with E-state index >= 15 is 0 Å². The number of halogens is 3. The molecule has 9 heteroatoms. The summed E-state index contributed by atoms with van der Waals surface area (Å²) in [5, 5.41) is 0. The Balaban J connectivity index is 1.95. The Morgan fingerprint density at radius 2 is 1.85 bits per heavy atom. The van der Waals surface area contributed by atoms with Gasteiger partial charge in [0.15, 0.2) is 0 Å². The van der Waals surface area contributed by atoms with E-state index in [4.69, 9.17) is 10.5 Å². The third kappa shape index (κ3) is 3.49. The van der Waals surface area contributed by atoms with E-state index in [1.807, 2.05) is 0 Å². The van der Waals surface area contributed by atoms with Gasteiger partial charge in [-0.3, -0.25) is 0 Å². The van der Waals surface area contributed by atoms with Crippen molar-refractivity contribution >= 4 is 12.0 Å². The molecular formula is C11H13F3N4O2. The van der Waals surface area contributed by atoms with E-state index in [2.05, 4.69) is 9.97 Å². The second kappa shape index (κ2) is 5.51. The van der Waals surface area contributed by atoms with Crippen molar-refractivity contribution in [3.63, 3.8) is 0 Å². The summed E-state index contributed by atoms with van der Waals surface area (Å²) in [5.41, 5.74) is 4.04. The molecule has 1 aliphatic heterocycles. The fourth-order valence-electron chi connectivity index (χ4n) is 1.97. The highest BCUT2D eigenvalue weighted by molar-refractivity contribution is 5.64. The van der Waals surface area contributed by atoms with E-state index in [-0.39, 0.29) is 12.1 Å². The molecule has 2 rings (SSSR count). The molecule has 2 heterocycles. The largest absolute Gasteiger partial charge is 0.446 e. The molecule has 110 valence electrons. The molecule has 0 spiro atoms. The fourth-order valence-corrected chi connectivity index (χ4v) is 1.97. The lowest BCUT2D eigenvalue weighted by molar-refractivity contribution is -0.138. The van der Waals surface area contributed by atoms with Crippen LogP contribution in [0.25, 0.3) is 0 Å². The molecule has 1 aliphatic rings. The Morgan fingerprint density at radius 1 is 1.30 bits per heavy atom. The number of carbonyl (C=O) groups is 1. The minimum atomic E-state index is -4.44. The van der Waals surface area contributed by atoms with Gasteiger partial charge in [0, 0.05) is 38.3 Å². The smallest absolute Gasteiger partial charge is 0.419 e. The van der Waals surface area contributed by atoms with Crippen LogP contribution in [-0.2, 0) is 10.9 Å². The summed E-state index contributed by atoms with van der Waals surface area (Å²) >= 11 is 0. The van der Waals surface area contributed by atoms with E-state index in [1.54, 1.807) is 4.90 Å². The van der Waals surface area contributed by atoms with Gasteiger partial charge in [0.2, 0.25) is 5.95 Å². The van der Waals surface area contributed by atoms with Crippen LogP contribution in [-0.4, -0.2) is 35.3 Å². The monoisotopic (exact) mass is 290 g/mol. The first-order valence-corrected chi connectivity index (χ1v) is 5.96. The number of nitrogens with zero attached hydrogens (tertiary/aromatic N) is 3. The van der Waals surface area contributed by atoms with Gasteiger partial charge in [-0.2, -0.15) is 13.2 Å². The summed E-state index contributed by atoms with van der Waals surface area (Å²) in [4.78, 5) is 19.8. The molecule has 6 nitrogen and oxygen atoms in total. The van der Waals surface area contributed by atoms with E-state index in [0.29, 0.717) is 25.9 Å². The number of hydrogen-bond acceptors (Lipinski definition) is 5. The number of hydrogen-bond donors (Lipinski definition) is 1. The SMILES string of the molecule is NC(=O)OC1CCN(c2ncc(C(F)(F)F)cn2)CC1. The van der Waals surface area contributed by atoms with Crippen molar-refractivity contribution in [2.75, 3.05) is 18.0 Å². The lowest BCUT2D eigenvalue weighted by atomic mass is 10.1. The van der Waals surface area contributed by atoms with E-state index in [0.717, 1.165) is 12.4 Å². The number of rotatable bonds is 2. The molecule has 0 aromatic carbocycles. The van der Waals surface area contributed by atoms with Gasteiger partial charge in [-0.25, -0.2) is 14.8 Å². The predicted molar refractivity (Wildman–Crippen MR) is 62.9 cm³/mol. The number of nitrogens with two attached hydrogens (primary N) is 1. The second-order valence-electron chi connectivity index (χ2n) is 4.39. The van der Waals surface area contributed by atoms with Crippen LogP contribution in [0.15, 0.2) is 12.4 Å². The number of carbonyl (C=O) groups excluding carboxylic acids is 1. The van der Waals surface area contributed by atoms with E-state index in [1.165, 1.54) is 0 Å². The van der Waals surface area contributed by atoms with Gasteiger partial charge >= 0.3 is 12.3 Å². The highest BCUT2D eigenvalue weighted by Gasteiger charge is 2.32. The molecule has 0 saturated carbocycles. The predicted octanol–water partition coefficient (Wildman–Crippen LogP) is 1.56. The highest BCUT2D eigenvalue weighted by atomic mass is 19.4. The zero-order valence-corrected chi connectivity index (χ0v) is 10.4. The Kier molecular flexibility index (Phi) is 3.96. The lowest BCUT2D eigenvalue weighted by Crippen LogP contribution is -2.39. The Bertz CT molecular complexity index is 470. The quantitative estimate of drug-likeness (QED) is 0.894. The first-order valence-electron chi connectivity index (χ1n) is 5.96. The summed E-state index contributed by atoms with van der Waals surface area (Å²) in [6.45, 7) is 0.979. The van der Waals surface area contributed by atoms with Crippen molar-refractivity contribution in [2.24, 2.45) is 5.73 Å². The van der Waals surface area contributed by atoms with Crippen LogP contribution in [0.1, 0.15) is 18.4 Å². The fraction of sp³-hybridized carbons (Fsp3) is 0.545. The van der Waals surface area contributed by atoms with Crippen LogP contribution < -0.4 is 10.6 Å². The van der Waals surface area contributed by atoms with Crippen LogP contribution in [0, 0.1) is 0 Å². The second-order valence-corrected chi connectivity index (χ2v) is 4.39. The number of primary amides is 1. The van der Waals surface area contributed by atoms with Gasteiger partial charge in [-0.05, 0) is 0 Å². The van der Waals surface area contributed by atoms with Crippen LogP contribution in [0.5, 0.6) is 0 Å². The molecule has 2 N–H and O–H groups in total. The van der Waals surface area contributed by atoms with Crippen molar-refractivity contribution < 1.29 is 22.7 Å².